The van der Waals surface area contributed by atoms with E-state index in [9.17, 15) is 10.1 Å². The van der Waals surface area contributed by atoms with E-state index in [0.717, 1.165) is 16.5 Å². The van der Waals surface area contributed by atoms with Gasteiger partial charge in [0, 0.05) is 40.3 Å². The highest BCUT2D eigenvalue weighted by atomic mass is 35.5. The minimum Gasteiger partial charge on any atom is -0.343 e. The highest BCUT2D eigenvalue weighted by Gasteiger charge is 2.14. The number of benzene rings is 2. The fourth-order valence-electron chi connectivity index (χ4n) is 2.55. The SMILES string of the molecule is Cc1c(Cn2ccc3c(Cl)cccc32)cccc1[N+](=O)[O-]. The summed E-state index contributed by atoms with van der Waals surface area (Å²) >= 11 is 6.17. The van der Waals surface area contributed by atoms with Crippen LogP contribution in [0.2, 0.25) is 5.02 Å². The van der Waals surface area contributed by atoms with Gasteiger partial charge in [0.25, 0.3) is 5.69 Å². The summed E-state index contributed by atoms with van der Waals surface area (Å²) in [5.41, 5.74) is 2.81. The molecular weight excluding hydrogens is 288 g/mol. The summed E-state index contributed by atoms with van der Waals surface area (Å²) in [7, 11) is 0. The summed E-state index contributed by atoms with van der Waals surface area (Å²) in [6.07, 6.45) is 1.95. The van der Waals surface area contributed by atoms with Gasteiger partial charge in [0.15, 0.2) is 0 Å². The number of hydrogen-bond acceptors (Lipinski definition) is 2. The zero-order valence-electron chi connectivity index (χ0n) is 11.4. The van der Waals surface area contributed by atoms with Crippen LogP contribution in [-0.2, 0) is 6.54 Å². The van der Waals surface area contributed by atoms with Crippen molar-refractivity contribution in [1.29, 1.82) is 0 Å². The monoisotopic (exact) mass is 300 g/mol. The Bertz CT molecular complexity index is 839. The standard InChI is InChI=1S/C16H13ClN2O2/c1-11-12(4-2-6-15(11)19(20)21)10-18-9-8-13-14(17)5-3-7-16(13)18/h2-9H,10H2,1H3. The molecule has 0 radical (unpaired) electrons. The number of fused-ring (bicyclic) bond motifs is 1. The number of aromatic nitrogens is 1. The highest BCUT2D eigenvalue weighted by molar-refractivity contribution is 6.35. The van der Waals surface area contributed by atoms with E-state index in [1.807, 2.05) is 41.1 Å². The van der Waals surface area contributed by atoms with Crippen LogP contribution in [0.25, 0.3) is 10.9 Å². The van der Waals surface area contributed by atoms with Gasteiger partial charge in [-0.2, -0.15) is 0 Å². The van der Waals surface area contributed by atoms with Crippen molar-refractivity contribution >= 4 is 28.2 Å². The Balaban J connectivity index is 2.05. The Hall–Kier alpha value is -2.33. The van der Waals surface area contributed by atoms with E-state index >= 15 is 0 Å². The van der Waals surface area contributed by atoms with Crippen LogP contribution in [0.4, 0.5) is 5.69 Å². The molecule has 106 valence electrons. The molecule has 0 aliphatic rings. The lowest BCUT2D eigenvalue weighted by Crippen LogP contribution is -2.02. The van der Waals surface area contributed by atoms with Crippen molar-refractivity contribution in [3.05, 3.63) is 74.9 Å². The minimum atomic E-state index is -0.344. The van der Waals surface area contributed by atoms with Crippen molar-refractivity contribution < 1.29 is 4.92 Å². The van der Waals surface area contributed by atoms with Gasteiger partial charge < -0.3 is 4.57 Å². The van der Waals surface area contributed by atoms with Crippen molar-refractivity contribution in [2.45, 2.75) is 13.5 Å². The van der Waals surface area contributed by atoms with Gasteiger partial charge in [-0.1, -0.05) is 29.8 Å². The first-order chi connectivity index (χ1) is 10.1. The third-order valence-corrected chi connectivity index (χ3v) is 4.04. The summed E-state index contributed by atoms with van der Waals surface area (Å²) in [5.74, 6) is 0. The molecule has 0 aliphatic heterocycles. The van der Waals surface area contributed by atoms with Crippen molar-refractivity contribution in [2.75, 3.05) is 0 Å². The Morgan fingerprint density at radius 2 is 1.95 bits per heavy atom. The maximum Gasteiger partial charge on any atom is 0.272 e. The molecule has 0 fully saturated rings. The van der Waals surface area contributed by atoms with E-state index in [-0.39, 0.29) is 10.6 Å². The van der Waals surface area contributed by atoms with Crippen LogP contribution in [0, 0.1) is 17.0 Å². The number of nitro benzene ring substituents is 1. The normalized spacial score (nSPS) is 11.0. The van der Waals surface area contributed by atoms with Gasteiger partial charge in [0.1, 0.15) is 0 Å². The molecule has 0 spiro atoms. The molecular formula is C16H13ClN2O2. The second-order valence-corrected chi connectivity index (χ2v) is 5.34. The highest BCUT2D eigenvalue weighted by Crippen LogP contribution is 2.27. The predicted molar refractivity (Wildman–Crippen MR) is 83.9 cm³/mol. The van der Waals surface area contributed by atoms with Gasteiger partial charge in [-0.3, -0.25) is 10.1 Å². The summed E-state index contributed by atoms with van der Waals surface area (Å²) < 4.78 is 2.05. The van der Waals surface area contributed by atoms with E-state index in [4.69, 9.17) is 11.6 Å². The van der Waals surface area contributed by atoms with Crippen LogP contribution >= 0.6 is 11.6 Å². The van der Waals surface area contributed by atoms with Crippen LogP contribution < -0.4 is 0 Å². The molecule has 0 aliphatic carbocycles. The Morgan fingerprint density at radius 3 is 2.71 bits per heavy atom. The fourth-order valence-corrected chi connectivity index (χ4v) is 2.78. The molecule has 0 saturated carbocycles. The first-order valence-electron chi connectivity index (χ1n) is 6.54. The van der Waals surface area contributed by atoms with Crippen molar-refractivity contribution in [2.24, 2.45) is 0 Å². The van der Waals surface area contributed by atoms with Gasteiger partial charge in [-0.05, 0) is 30.7 Å². The quantitative estimate of drug-likeness (QED) is 0.526. The van der Waals surface area contributed by atoms with E-state index in [0.29, 0.717) is 17.1 Å². The molecule has 2 aromatic carbocycles. The molecule has 0 saturated heterocycles. The topological polar surface area (TPSA) is 48.1 Å². The first-order valence-corrected chi connectivity index (χ1v) is 6.92. The smallest absolute Gasteiger partial charge is 0.272 e. The maximum atomic E-state index is 11.0. The number of nitro groups is 1. The molecule has 0 N–H and O–H groups in total. The van der Waals surface area contributed by atoms with Gasteiger partial charge >= 0.3 is 0 Å². The molecule has 4 nitrogen and oxygen atoms in total. The molecule has 0 bridgehead atoms. The molecule has 3 aromatic rings. The fraction of sp³-hybridized carbons (Fsp3) is 0.125. The first kappa shape index (κ1) is 13.6. The van der Waals surface area contributed by atoms with E-state index < -0.39 is 0 Å². The number of halogens is 1. The van der Waals surface area contributed by atoms with Crippen molar-refractivity contribution in [3.63, 3.8) is 0 Å². The largest absolute Gasteiger partial charge is 0.343 e. The van der Waals surface area contributed by atoms with E-state index in [1.165, 1.54) is 6.07 Å². The minimum absolute atomic E-state index is 0.155. The van der Waals surface area contributed by atoms with E-state index in [2.05, 4.69) is 0 Å². The second-order valence-electron chi connectivity index (χ2n) is 4.93. The third kappa shape index (κ3) is 2.38. The molecule has 21 heavy (non-hydrogen) atoms. The zero-order chi connectivity index (χ0) is 15.0. The average Bonchev–Trinajstić information content (AvgIpc) is 2.85. The summed E-state index contributed by atoms with van der Waals surface area (Å²) in [6.45, 7) is 2.36. The summed E-state index contributed by atoms with van der Waals surface area (Å²) in [4.78, 5) is 10.7. The van der Waals surface area contributed by atoms with E-state index in [1.54, 1.807) is 13.0 Å². The van der Waals surface area contributed by atoms with Gasteiger partial charge in [-0.25, -0.2) is 0 Å². The number of nitrogens with zero attached hydrogens (tertiary/aromatic N) is 2. The van der Waals surface area contributed by atoms with Crippen molar-refractivity contribution in [3.8, 4) is 0 Å². The van der Waals surface area contributed by atoms with Crippen molar-refractivity contribution in [1.82, 2.24) is 4.57 Å². The Kier molecular flexibility index (Phi) is 3.39. The molecule has 0 amide bonds. The van der Waals surface area contributed by atoms with Gasteiger partial charge in [-0.15, -0.1) is 0 Å². The third-order valence-electron chi connectivity index (χ3n) is 3.72. The van der Waals surface area contributed by atoms with Gasteiger partial charge in [0.05, 0.1) is 4.92 Å². The second kappa shape index (κ2) is 5.22. The zero-order valence-corrected chi connectivity index (χ0v) is 12.2. The number of hydrogen-bond donors (Lipinski definition) is 0. The van der Waals surface area contributed by atoms with Crippen LogP contribution in [0.1, 0.15) is 11.1 Å². The lowest BCUT2D eigenvalue weighted by molar-refractivity contribution is -0.385. The molecule has 1 heterocycles. The van der Waals surface area contributed by atoms with Crippen LogP contribution in [0.3, 0.4) is 0 Å². The van der Waals surface area contributed by atoms with Crippen LogP contribution in [0.5, 0.6) is 0 Å². The Labute approximate surface area is 126 Å². The average molecular weight is 301 g/mol. The van der Waals surface area contributed by atoms with Gasteiger partial charge in [0.2, 0.25) is 0 Å². The van der Waals surface area contributed by atoms with Crippen LogP contribution in [-0.4, -0.2) is 9.49 Å². The molecule has 3 rings (SSSR count). The lowest BCUT2D eigenvalue weighted by atomic mass is 10.1. The maximum absolute atomic E-state index is 11.0. The van der Waals surface area contributed by atoms with Crippen LogP contribution in [0.15, 0.2) is 48.7 Å². The Morgan fingerprint density at radius 1 is 1.19 bits per heavy atom. The molecule has 0 atom stereocenters. The number of rotatable bonds is 3. The lowest BCUT2D eigenvalue weighted by Gasteiger charge is -2.09. The summed E-state index contributed by atoms with van der Waals surface area (Å²) in [5, 5.41) is 12.7. The molecule has 5 heteroatoms. The summed E-state index contributed by atoms with van der Waals surface area (Å²) in [6, 6.07) is 12.9. The molecule has 0 unspecified atom stereocenters. The predicted octanol–water partition coefficient (Wildman–Crippen LogP) is 4.56. The molecule has 1 aromatic heterocycles.